The molecule has 1 aromatic carbocycles. The molecule has 3 aromatic heterocycles. The molecular weight excluding hydrogens is 443 g/mol. The second-order valence-corrected chi connectivity index (χ2v) is 7.94. The summed E-state index contributed by atoms with van der Waals surface area (Å²) in [5, 5.41) is 18.9. The molecule has 0 radical (unpaired) electrons. The lowest BCUT2D eigenvalue weighted by atomic mass is 10.2. The van der Waals surface area contributed by atoms with Crippen molar-refractivity contribution in [2.75, 3.05) is 5.32 Å². The predicted octanol–water partition coefficient (Wildman–Crippen LogP) is 1.38. The van der Waals surface area contributed by atoms with E-state index in [1.807, 2.05) is 6.07 Å². The second kappa shape index (κ2) is 7.71. The van der Waals surface area contributed by atoms with Crippen LogP contribution in [0.1, 0.15) is 24.1 Å². The fourth-order valence-electron chi connectivity index (χ4n) is 2.99. The number of hydrogen-bond donors (Lipinski definition) is 4. The Bertz CT molecular complexity index is 1470. The van der Waals surface area contributed by atoms with Gasteiger partial charge in [0.25, 0.3) is 5.62 Å². The molecule has 0 unspecified atom stereocenters. The minimum atomic E-state index is -0.511. The van der Waals surface area contributed by atoms with Gasteiger partial charge in [0.05, 0.1) is 22.3 Å². The summed E-state index contributed by atoms with van der Waals surface area (Å²) in [4.78, 5) is 29.9. The van der Waals surface area contributed by atoms with E-state index in [1.54, 1.807) is 24.4 Å². The highest BCUT2D eigenvalue weighted by atomic mass is 35.5. The molecule has 0 bridgehead atoms. The van der Waals surface area contributed by atoms with E-state index in [4.69, 9.17) is 23.2 Å². The van der Waals surface area contributed by atoms with Crippen LogP contribution in [0.3, 0.4) is 0 Å². The molecule has 4 aromatic rings. The zero-order chi connectivity index (χ0) is 21.5. The van der Waals surface area contributed by atoms with Crippen molar-refractivity contribution in [3.63, 3.8) is 0 Å². The highest BCUT2D eigenvalue weighted by Gasteiger charge is 2.21. The maximum absolute atomic E-state index is 11.4. The standard InChI is InChI=1S/C19H16Cl2N8O2/c20-12-4-1-9(5-13(12)21)7-22-17-26-15-10(6-14-16(30)27-19(31)25-14)8-23-29(15)18(28-17)24-11-2-3-11/h1,4-6,8,11,30H,2-3,7H2,(H,22,24,28)(H2,25,27,31). The third-order valence-electron chi connectivity index (χ3n) is 4.69. The molecular formula is C19H16Cl2N8O2. The van der Waals surface area contributed by atoms with Gasteiger partial charge in [-0.05, 0) is 36.6 Å². The topological polar surface area (TPSA) is 136 Å². The number of halogens is 2. The summed E-state index contributed by atoms with van der Waals surface area (Å²) >= 11 is 12.1. The number of hydrogen-bond acceptors (Lipinski definition) is 7. The fraction of sp³-hybridized carbons (Fsp3) is 0.211. The van der Waals surface area contributed by atoms with E-state index in [-0.39, 0.29) is 17.6 Å². The van der Waals surface area contributed by atoms with E-state index in [0.29, 0.717) is 39.0 Å². The molecule has 4 N–H and O–H groups in total. The molecule has 0 aliphatic heterocycles. The molecule has 10 nitrogen and oxygen atoms in total. The SMILES string of the molecule is O=c1[nH]c(O)c(C=c2cnn3c(=NC4CC4)nc(NCc4ccc(Cl)c(Cl)c4)nc23)[nH]1. The van der Waals surface area contributed by atoms with Crippen LogP contribution in [-0.4, -0.2) is 40.7 Å². The first kappa shape index (κ1) is 19.6. The number of benzene rings is 1. The number of rotatable bonds is 5. The molecule has 12 heteroatoms. The number of aromatic amines is 2. The lowest BCUT2D eigenvalue weighted by Crippen LogP contribution is -2.24. The molecule has 3 heterocycles. The summed E-state index contributed by atoms with van der Waals surface area (Å²) in [5.74, 6) is 0.0965. The van der Waals surface area contributed by atoms with Crippen LogP contribution in [0.4, 0.5) is 5.95 Å². The quantitative estimate of drug-likeness (QED) is 0.356. The van der Waals surface area contributed by atoms with Gasteiger partial charge in [-0.2, -0.15) is 19.6 Å². The third kappa shape index (κ3) is 4.12. The van der Waals surface area contributed by atoms with Crippen molar-refractivity contribution in [3.8, 4) is 5.88 Å². The molecule has 0 spiro atoms. The van der Waals surface area contributed by atoms with E-state index < -0.39 is 5.69 Å². The summed E-state index contributed by atoms with van der Waals surface area (Å²) in [6, 6.07) is 5.59. The van der Waals surface area contributed by atoms with E-state index in [1.165, 1.54) is 4.52 Å². The first-order valence-corrected chi connectivity index (χ1v) is 10.2. The first-order valence-electron chi connectivity index (χ1n) is 9.47. The molecule has 158 valence electrons. The van der Waals surface area contributed by atoms with Crippen molar-refractivity contribution in [2.45, 2.75) is 25.4 Å². The van der Waals surface area contributed by atoms with Gasteiger partial charge >= 0.3 is 5.69 Å². The Kier molecular flexibility index (Phi) is 4.87. The number of aromatic nitrogens is 6. The van der Waals surface area contributed by atoms with Crippen LogP contribution < -0.4 is 21.8 Å². The van der Waals surface area contributed by atoms with Gasteiger partial charge in [0.15, 0.2) is 5.65 Å². The Morgan fingerprint density at radius 2 is 2.10 bits per heavy atom. The lowest BCUT2D eigenvalue weighted by Gasteiger charge is -2.06. The van der Waals surface area contributed by atoms with Gasteiger partial charge in [0.2, 0.25) is 11.8 Å². The summed E-state index contributed by atoms with van der Waals surface area (Å²) < 4.78 is 1.54. The number of anilines is 1. The molecule has 1 aliphatic rings. The number of H-pyrrole nitrogens is 2. The average Bonchev–Trinajstić information content (AvgIpc) is 3.37. The van der Waals surface area contributed by atoms with Crippen molar-refractivity contribution in [1.29, 1.82) is 0 Å². The Labute approximate surface area is 184 Å². The Balaban J connectivity index is 1.57. The van der Waals surface area contributed by atoms with Crippen LogP contribution in [0.2, 0.25) is 10.0 Å². The van der Waals surface area contributed by atoms with E-state index in [9.17, 15) is 9.90 Å². The normalized spacial score (nSPS) is 15.2. The highest BCUT2D eigenvalue weighted by Crippen LogP contribution is 2.23. The zero-order valence-corrected chi connectivity index (χ0v) is 17.4. The molecule has 5 rings (SSSR count). The van der Waals surface area contributed by atoms with Crippen molar-refractivity contribution in [2.24, 2.45) is 4.99 Å². The van der Waals surface area contributed by atoms with Crippen molar-refractivity contribution < 1.29 is 5.11 Å². The van der Waals surface area contributed by atoms with Gasteiger partial charge in [0.1, 0.15) is 5.69 Å². The lowest BCUT2D eigenvalue weighted by molar-refractivity contribution is 0.454. The number of nitrogens with one attached hydrogen (secondary N) is 3. The average molecular weight is 459 g/mol. The van der Waals surface area contributed by atoms with E-state index >= 15 is 0 Å². The van der Waals surface area contributed by atoms with Gasteiger partial charge in [-0.1, -0.05) is 29.3 Å². The van der Waals surface area contributed by atoms with Gasteiger partial charge < -0.3 is 15.4 Å². The third-order valence-corrected chi connectivity index (χ3v) is 5.43. The Hall–Kier alpha value is -3.37. The van der Waals surface area contributed by atoms with Crippen LogP contribution in [-0.2, 0) is 6.54 Å². The Morgan fingerprint density at radius 1 is 1.26 bits per heavy atom. The van der Waals surface area contributed by atoms with Crippen LogP contribution >= 0.6 is 23.2 Å². The largest absolute Gasteiger partial charge is 0.493 e. The van der Waals surface area contributed by atoms with Crippen LogP contribution in [0, 0.1) is 0 Å². The summed E-state index contributed by atoms with van der Waals surface area (Å²) in [5.41, 5.74) is 1.53. The second-order valence-electron chi connectivity index (χ2n) is 7.13. The van der Waals surface area contributed by atoms with Crippen LogP contribution in [0.25, 0.3) is 11.7 Å². The van der Waals surface area contributed by atoms with Gasteiger partial charge in [-0.25, -0.2) is 9.79 Å². The number of imidazole rings is 1. The zero-order valence-electron chi connectivity index (χ0n) is 15.9. The van der Waals surface area contributed by atoms with Crippen LogP contribution in [0.5, 0.6) is 5.88 Å². The number of nitrogens with zero attached hydrogens (tertiary/aromatic N) is 5. The van der Waals surface area contributed by atoms with Crippen molar-refractivity contribution in [3.05, 3.63) is 67.0 Å². The minimum Gasteiger partial charge on any atom is -0.493 e. The molecule has 1 fully saturated rings. The summed E-state index contributed by atoms with van der Waals surface area (Å²) in [6.45, 7) is 0.426. The maximum Gasteiger partial charge on any atom is 0.326 e. The molecule has 0 amide bonds. The molecule has 1 saturated carbocycles. The van der Waals surface area contributed by atoms with Gasteiger partial charge in [-0.15, -0.1) is 0 Å². The van der Waals surface area contributed by atoms with E-state index in [0.717, 1.165) is 18.4 Å². The van der Waals surface area contributed by atoms with E-state index in [2.05, 4.69) is 35.3 Å². The fourth-order valence-corrected chi connectivity index (χ4v) is 3.31. The predicted molar refractivity (Wildman–Crippen MR) is 115 cm³/mol. The molecule has 0 saturated heterocycles. The van der Waals surface area contributed by atoms with Crippen molar-refractivity contribution in [1.82, 2.24) is 29.5 Å². The number of fused-ring (bicyclic) bond motifs is 1. The molecule has 1 aliphatic carbocycles. The molecule has 0 atom stereocenters. The van der Waals surface area contributed by atoms with Gasteiger partial charge in [-0.3, -0.25) is 4.98 Å². The molecule has 31 heavy (non-hydrogen) atoms. The highest BCUT2D eigenvalue weighted by molar-refractivity contribution is 6.42. The Morgan fingerprint density at radius 3 is 2.81 bits per heavy atom. The summed E-state index contributed by atoms with van der Waals surface area (Å²) in [6.07, 6.45) is 5.17. The summed E-state index contributed by atoms with van der Waals surface area (Å²) in [7, 11) is 0. The monoisotopic (exact) mass is 458 g/mol. The smallest absolute Gasteiger partial charge is 0.326 e. The minimum absolute atomic E-state index is 0.225. The first-order chi connectivity index (χ1) is 15.0. The van der Waals surface area contributed by atoms with Gasteiger partial charge in [0, 0.05) is 11.8 Å². The number of aromatic hydroxyl groups is 1. The van der Waals surface area contributed by atoms with Crippen molar-refractivity contribution >= 4 is 40.9 Å². The maximum atomic E-state index is 11.4. The van der Waals surface area contributed by atoms with Crippen LogP contribution in [0.15, 0.2) is 34.2 Å².